The Morgan fingerprint density at radius 2 is 1.63 bits per heavy atom. The number of rotatable bonds is 5. The monoisotopic (exact) mass is 263 g/mol. The van der Waals surface area contributed by atoms with Crippen molar-refractivity contribution < 1.29 is 19.1 Å². The van der Waals surface area contributed by atoms with Gasteiger partial charge < -0.3 is 9.47 Å². The summed E-state index contributed by atoms with van der Waals surface area (Å²) in [4.78, 5) is 25.9. The summed E-state index contributed by atoms with van der Waals surface area (Å²) in [7, 11) is 1.52. The lowest BCUT2D eigenvalue weighted by Gasteiger charge is -2.33. The minimum Gasteiger partial charge on any atom is -0.359 e. The molecule has 0 saturated heterocycles. The molecule has 0 fully saturated rings. The maximum Gasteiger partial charge on any atom is 0.262 e. The van der Waals surface area contributed by atoms with E-state index in [0.29, 0.717) is 11.1 Å². The van der Waals surface area contributed by atoms with E-state index in [-0.39, 0.29) is 25.2 Å². The molecule has 0 radical (unpaired) electrons. The molecule has 2 amide bonds. The first kappa shape index (κ1) is 13.7. The first-order chi connectivity index (χ1) is 8.99. The lowest BCUT2D eigenvalue weighted by Crippen LogP contribution is -2.50. The summed E-state index contributed by atoms with van der Waals surface area (Å²) >= 11 is 0. The van der Waals surface area contributed by atoms with Crippen molar-refractivity contribution in [3.63, 3.8) is 0 Å². The molecule has 102 valence electrons. The highest BCUT2D eigenvalue weighted by Gasteiger charge is 2.43. The highest BCUT2D eigenvalue weighted by molar-refractivity contribution is 6.21. The molecule has 2 rings (SSSR count). The van der Waals surface area contributed by atoms with Gasteiger partial charge in [-0.25, -0.2) is 0 Å². The largest absolute Gasteiger partial charge is 0.359 e. The molecule has 0 bridgehead atoms. The van der Waals surface area contributed by atoms with Crippen LogP contribution < -0.4 is 0 Å². The predicted molar refractivity (Wildman–Crippen MR) is 68.8 cm³/mol. The van der Waals surface area contributed by atoms with Crippen LogP contribution in [0.15, 0.2) is 24.3 Å². The summed E-state index contributed by atoms with van der Waals surface area (Å²) in [6.45, 7) is 3.95. The molecule has 5 heteroatoms. The number of imide groups is 1. The zero-order valence-corrected chi connectivity index (χ0v) is 11.3. The number of fused-ring (bicyclic) bond motifs is 1. The summed E-state index contributed by atoms with van der Waals surface area (Å²) in [6.07, 6.45) is 0. The lowest BCUT2D eigenvalue weighted by atomic mass is 10.0. The average molecular weight is 263 g/mol. The molecule has 0 N–H and O–H groups in total. The molecule has 0 spiro atoms. The number of hydrogen-bond acceptors (Lipinski definition) is 4. The van der Waals surface area contributed by atoms with E-state index in [9.17, 15) is 9.59 Å². The number of carbonyl (C=O) groups excluding carboxylic acids is 2. The van der Waals surface area contributed by atoms with Crippen molar-refractivity contribution in [3.8, 4) is 0 Å². The highest BCUT2D eigenvalue weighted by Crippen LogP contribution is 2.29. The molecule has 0 aromatic heterocycles. The number of benzene rings is 1. The van der Waals surface area contributed by atoms with Crippen molar-refractivity contribution in [2.75, 3.05) is 20.5 Å². The molecule has 1 aromatic rings. The normalized spacial score (nSPS) is 15.0. The van der Waals surface area contributed by atoms with Crippen LogP contribution in [0.3, 0.4) is 0 Å². The van der Waals surface area contributed by atoms with Crippen LogP contribution in [0.25, 0.3) is 0 Å². The summed E-state index contributed by atoms with van der Waals surface area (Å²) in [5.74, 6) is -0.543. The first-order valence-corrected chi connectivity index (χ1v) is 6.03. The summed E-state index contributed by atoms with van der Waals surface area (Å²) in [5.41, 5.74) is 0.186. The van der Waals surface area contributed by atoms with Crippen LogP contribution in [-0.2, 0) is 9.47 Å². The third-order valence-corrected chi connectivity index (χ3v) is 3.06. The maximum absolute atomic E-state index is 12.3. The van der Waals surface area contributed by atoms with E-state index in [0.717, 1.165) is 0 Å². The zero-order chi connectivity index (χ0) is 14.0. The van der Waals surface area contributed by atoms with Crippen LogP contribution in [0.1, 0.15) is 34.6 Å². The van der Waals surface area contributed by atoms with Gasteiger partial charge in [0.2, 0.25) is 0 Å². The lowest BCUT2D eigenvalue weighted by molar-refractivity contribution is -0.0612. The van der Waals surface area contributed by atoms with E-state index >= 15 is 0 Å². The standard InChI is InChI=1S/C14H17NO4/c1-14(2,8-19-9-18-3)15-12(16)10-6-4-5-7-11(10)13(15)17/h4-7H,8-9H2,1-3H3. The Morgan fingerprint density at radius 1 is 1.11 bits per heavy atom. The van der Waals surface area contributed by atoms with Crippen molar-refractivity contribution in [1.29, 1.82) is 0 Å². The van der Waals surface area contributed by atoms with Gasteiger partial charge in [0.25, 0.3) is 11.8 Å². The summed E-state index contributed by atoms with van der Waals surface area (Å²) in [6, 6.07) is 6.84. The maximum atomic E-state index is 12.3. The molecular weight excluding hydrogens is 246 g/mol. The van der Waals surface area contributed by atoms with Crippen molar-refractivity contribution in [1.82, 2.24) is 4.90 Å². The van der Waals surface area contributed by atoms with Crippen LogP contribution in [0.2, 0.25) is 0 Å². The predicted octanol–water partition coefficient (Wildman–Crippen LogP) is 1.68. The fourth-order valence-electron chi connectivity index (χ4n) is 2.18. The zero-order valence-electron chi connectivity index (χ0n) is 11.3. The van der Waals surface area contributed by atoms with Crippen LogP contribution in [0.4, 0.5) is 0 Å². The average Bonchev–Trinajstić information content (AvgIpc) is 2.63. The van der Waals surface area contributed by atoms with Crippen LogP contribution >= 0.6 is 0 Å². The van der Waals surface area contributed by atoms with Crippen molar-refractivity contribution >= 4 is 11.8 Å². The number of amides is 2. The van der Waals surface area contributed by atoms with Gasteiger partial charge in [0.1, 0.15) is 6.79 Å². The second kappa shape index (κ2) is 5.11. The Hall–Kier alpha value is -1.72. The van der Waals surface area contributed by atoms with Gasteiger partial charge in [-0.1, -0.05) is 12.1 Å². The molecule has 0 aliphatic carbocycles. The van der Waals surface area contributed by atoms with E-state index in [1.54, 1.807) is 38.1 Å². The molecule has 19 heavy (non-hydrogen) atoms. The van der Waals surface area contributed by atoms with Gasteiger partial charge in [0, 0.05) is 7.11 Å². The van der Waals surface area contributed by atoms with Gasteiger partial charge in [-0.2, -0.15) is 0 Å². The van der Waals surface area contributed by atoms with Crippen LogP contribution in [0, 0.1) is 0 Å². The second-order valence-corrected chi connectivity index (χ2v) is 5.06. The highest BCUT2D eigenvalue weighted by atomic mass is 16.7. The number of nitrogens with zero attached hydrogens (tertiary/aromatic N) is 1. The molecule has 1 aromatic carbocycles. The quantitative estimate of drug-likeness (QED) is 0.461. The molecular formula is C14H17NO4. The van der Waals surface area contributed by atoms with E-state index in [2.05, 4.69) is 0 Å². The third-order valence-electron chi connectivity index (χ3n) is 3.06. The summed E-state index contributed by atoms with van der Waals surface area (Å²) < 4.78 is 10.1. The van der Waals surface area contributed by atoms with E-state index in [1.165, 1.54) is 12.0 Å². The van der Waals surface area contributed by atoms with Gasteiger partial charge in [-0.05, 0) is 26.0 Å². The van der Waals surface area contributed by atoms with Crippen molar-refractivity contribution in [2.45, 2.75) is 19.4 Å². The molecule has 0 unspecified atom stereocenters. The van der Waals surface area contributed by atoms with Crippen molar-refractivity contribution in [2.24, 2.45) is 0 Å². The van der Waals surface area contributed by atoms with E-state index < -0.39 is 5.54 Å². The van der Waals surface area contributed by atoms with Gasteiger partial charge in [-0.3, -0.25) is 14.5 Å². The Balaban J connectivity index is 2.23. The van der Waals surface area contributed by atoms with Gasteiger partial charge >= 0.3 is 0 Å². The fourth-order valence-corrected chi connectivity index (χ4v) is 2.18. The van der Waals surface area contributed by atoms with Crippen LogP contribution in [0.5, 0.6) is 0 Å². The fraction of sp³-hybridized carbons (Fsp3) is 0.429. The Kier molecular flexibility index (Phi) is 3.68. The minimum atomic E-state index is -0.717. The molecule has 0 atom stereocenters. The SMILES string of the molecule is COCOCC(C)(C)N1C(=O)c2ccccc2C1=O. The number of ether oxygens (including phenoxy) is 2. The second-order valence-electron chi connectivity index (χ2n) is 5.06. The molecule has 1 aliphatic heterocycles. The van der Waals surface area contributed by atoms with E-state index in [1.807, 2.05) is 0 Å². The molecule has 0 saturated carbocycles. The summed E-state index contributed by atoms with van der Waals surface area (Å²) in [5, 5.41) is 0. The molecule has 1 heterocycles. The topological polar surface area (TPSA) is 55.8 Å². The van der Waals surface area contributed by atoms with Gasteiger partial charge in [-0.15, -0.1) is 0 Å². The van der Waals surface area contributed by atoms with Crippen molar-refractivity contribution in [3.05, 3.63) is 35.4 Å². The van der Waals surface area contributed by atoms with Crippen LogP contribution in [-0.4, -0.2) is 42.8 Å². The Morgan fingerprint density at radius 3 is 2.11 bits per heavy atom. The first-order valence-electron chi connectivity index (χ1n) is 6.03. The molecule has 5 nitrogen and oxygen atoms in total. The van der Waals surface area contributed by atoms with E-state index in [4.69, 9.17) is 9.47 Å². The number of methoxy groups -OCH3 is 1. The number of carbonyl (C=O) groups is 2. The Labute approximate surface area is 112 Å². The van der Waals surface area contributed by atoms with Gasteiger partial charge in [0.05, 0.1) is 23.3 Å². The number of hydrogen-bond donors (Lipinski definition) is 0. The smallest absolute Gasteiger partial charge is 0.262 e. The third kappa shape index (κ3) is 2.39. The minimum absolute atomic E-state index is 0.132. The van der Waals surface area contributed by atoms with Gasteiger partial charge in [0.15, 0.2) is 0 Å². The Bertz CT molecular complexity index is 475. The molecule has 1 aliphatic rings.